The summed E-state index contributed by atoms with van der Waals surface area (Å²) >= 11 is 0. The van der Waals surface area contributed by atoms with Crippen molar-refractivity contribution in [2.24, 2.45) is 12.5 Å². The lowest BCUT2D eigenvalue weighted by Gasteiger charge is -2.39. The minimum Gasteiger partial charge on any atom is -0.378 e. The maximum absolute atomic E-state index is 13.1. The first kappa shape index (κ1) is 20.0. The number of amides is 1. The third-order valence-electron chi connectivity index (χ3n) is 7.64. The molecule has 3 fully saturated rings. The number of rotatable bonds is 3. The van der Waals surface area contributed by atoms with Gasteiger partial charge in [-0.1, -0.05) is 18.2 Å². The Bertz CT molecular complexity index is 909. The highest BCUT2D eigenvalue weighted by Gasteiger charge is 2.47. The summed E-state index contributed by atoms with van der Waals surface area (Å²) in [6.45, 7) is 7.15. The van der Waals surface area contributed by atoms with Crippen molar-refractivity contribution in [1.82, 2.24) is 19.3 Å². The van der Waals surface area contributed by atoms with Gasteiger partial charge >= 0.3 is 0 Å². The minimum atomic E-state index is 0.0488. The lowest BCUT2D eigenvalue weighted by molar-refractivity contribution is -0.139. The van der Waals surface area contributed by atoms with Crippen LogP contribution in [0.2, 0.25) is 0 Å². The molecular weight excluding hydrogens is 376 g/mol. The van der Waals surface area contributed by atoms with Gasteiger partial charge in [-0.25, -0.2) is 0 Å². The van der Waals surface area contributed by atoms with E-state index in [0.29, 0.717) is 24.5 Å². The number of nitrogens with zero attached hydrogens (tertiary/aromatic N) is 4. The van der Waals surface area contributed by atoms with E-state index >= 15 is 0 Å². The third kappa shape index (κ3) is 3.66. The van der Waals surface area contributed by atoms with E-state index in [4.69, 9.17) is 4.74 Å². The number of aryl methyl sites for hydroxylation is 1. The molecule has 4 heterocycles. The summed E-state index contributed by atoms with van der Waals surface area (Å²) in [6, 6.07) is 8.74. The molecule has 0 unspecified atom stereocenters. The minimum absolute atomic E-state index is 0.0488. The van der Waals surface area contributed by atoms with Crippen molar-refractivity contribution in [3.8, 4) is 0 Å². The van der Waals surface area contributed by atoms with Crippen LogP contribution in [0, 0.1) is 5.41 Å². The van der Waals surface area contributed by atoms with E-state index in [1.807, 2.05) is 4.90 Å². The maximum Gasteiger partial charge on any atom is 0.240 e. The lowest BCUT2D eigenvalue weighted by Crippen LogP contribution is -2.48. The normalized spacial score (nSPS) is 25.4. The van der Waals surface area contributed by atoms with Gasteiger partial charge in [0.15, 0.2) is 0 Å². The molecule has 6 heteroatoms. The molecule has 3 aliphatic rings. The molecule has 1 aromatic carbocycles. The van der Waals surface area contributed by atoms with Gasteiger partial charge in [-0.15, -0.1) is 0 Å². The van der Waals surface area contributed by atoms with Gasteiger partial charge in [0, 0.05) is 50.3 Å². The summed E-state index contributed by atoms with van der Waals surface area (Å²) in [4.78, 5) is 20.0. The van der Waals surface area contributed by atoms with Crippen molar-refractivity contribution < 1.29 is 9.53 Å². The molecule has 0 N–H and O–H groups in total. The van der Waals surface area contributed by atoms with E-state index in [1.165, 1.54) is 29.3 Å². The van der Waals surface area contributed by atoms with E-state index in [-0.39, 0.29) is 6.04 Å². The van der Waals surface area contributed by atoms with Gasteiger partial charge in [0.25, 0.3) is 0 Å². The number of likely N-dealkylation sites (N-methyl/N-ethyl adjacent to an activating group) is 1. The van der Waals surface area contributed by atoms with Gasteiger partial charge in [-0.05, 0) is 56.4 Å². The first-order valence-corrected chi connectivity index (χ1v) is 11.4. The monoisotopic (exact) mass is 410 g/mol. The molecule has 1 atom stereocenters. The molecule has 1 aromatic heterocycles. The van der Waals surface area contributed by atoms with Gasteiger partial charge < -0.3 is 14.2 Å². The number of likely N-dealkylation sites (tertiary alicyclic amines) is 2. The average molecular weight is 411 g/mol. The fraction of sp³-hybridized carbons (Fsp3) is 0.625. The Morgan fingerprint density at radius 2 is 1.83 bits per heavy atom. The second kappa shape index (κ2) is 7.98. The van der Waals surface area contributed by atoms with Crippen LogP contribution in [0.15, 0.2) is 30.5 Å². The molecule has 0 radical (unpaired) electrons. The summed E-state index contributed by atoms with van der Waals surface area (Å²) in [5.74, 6) is 0.316. The summed E-state index contributed by atoms with van der Waals surface area (Å²) in [7, 11) is 4.28. The zero-order valence-electron chi connectivity index (χ0n) is 18.3. The fourth-order valence-electron chi connectivity index (χ4n) is 5.88. The number of aromatic nitrogens is 1. The number of ether oxygens (including phenoxy) is 1. The van der Waals surface area contributed by atoms with Crippen LogP contribution in [0.4, 0.5) is 0 Å². The van der Waals surface area contributed by atoms with Crippen LogP contribution in [0.25, 0.3) is 10.9 Å². The van der Waals surface area contributed by atoms with Gasteiger partial charge in [0.05, 0.1) is 19.3 Å². The number of piperidine rings is 1. The quantitative estimate of drug-likeness (QED) is 0.779. The summed E-state index contributed by atoms with van der Waals surface area (Å²) in [5.41, 5.74) is 3.03. The smallest absolute Gasteiger partial charge is 0.240 e. The van der Waals surface area contributed by atoms with Crippen molar-refractivity contribution in [3.63, 3.8) is 0 Å². The van der Waals surface area contributed by atoms with E-state index in [2.05, 4.69) is 58.9 Å². The van der Waals surface area contributed by atoms with Crippen molar-refractivity contribution in [1.29, 1.82) is 0 Å². The fourth-order valence-corrected chi connectivity index (χ4v) is 5.88. The second-order valence-electron chi connectivity index (χ2n) is 9.63. The average Bonchev–Trinajstić information content (AvgIpc) is 3.27. The molecular formula is C24H34N4O2. The van der Waals surface area contributed by atoms with Crippen LogP contribution in [0.1, 0.15) is 24.8 Å². The van der Waals surface area contributed by atoms with E-state index in [1.54, 1.807) is 0 Å². The Kier molecular flexibility index (Phi) is 5.33. The highest BCUT2D eigenvalue weighted by molar-refractivity contribution is 5.84. The Hall–Kier alpha value is -1.89. The molecule has 0 bridgehead atoms. The molecule has 30 heavy (non-hydrogen) atoms. The molecule has 1 spiro atoms. The number of fused-ring (bicyclic) bond motifs is 1. The van der Waals surface area contributed by atoms with E-state index in [0.717, 1.165) is 45.7 Å². The molecule has 3 aliphatic heterocycles. The number of morpholine rings is 1. The van der Waals surface area contributed by atoms with Gasteiger partial charge in [0.2, 0.25) is 5.91 Å². The molecule has 2 aromatic rings. The van der Waals surface area contributed by atoms with Crippen LogP contribution in [-0.4, -0.2) is 84.2 Å². The standard InChI is InChI=1S/C24H34N4O2/c1-25-16-19(20-5-3-4-6-21(20)25)17-27-9-7-24(8-10-27)15-22(26(2)18-24)23(29)28-11-13-30-14-12-28/h3-6,16,22H,7-15,17-18H2,1-2H3/t22-/m0/s1. The van der Waals surface area contributed by atoms with E-state index < -0.39 is 0 Å². The predicted molar refractivity (Wildman–Crippen MR) is 118 cm³/mol. The number of benzene rings is 1. The largest absolute Gasteiger partial charge is 0.378 e. The molecule has 1 amide bonds. The Morgan fingerprint density at radius 1 is 1.10 bits per heavy atom. The van der Waals surface area contributed by atoms with Crippen LogP contribution >= 0.6 is 0 Å². The molecule has 6 nitrogen and oxygen atoms in total. The Balaban J connectivity index is 1.21. The summed E-state index contributed by atoms with van der Waals surface area (Å²) in [5, 5.41) is 1.37. The zero-order chi connectivity index (χ0) is 20.7. The number of carbonyl (C=O) groups is 1. The maximum atomic E-state index is 13.1. The van der Waals surface area contributed by atoms with Gasteiger partial charge in [-0.3, -0.25) is 14.6 Å². The van der Waals surface area contributed by atoms with Gasteiger partial charge in [-0.2, -0.15) is 0 Å². The number of hydrogen-bond donors (Lipinski definition) is 0. The first-order valence-electron chi connectivity index (χ1n) is 11.4. The molecule has 5 rings (SSSR count). The highest BCUT2D eigenvalue weighted by atomic mass is 16.5. The topological polar surface area (TPSA) is 41.0 Å². The predicted octanol–water partition coefficient (Wildman–Crippen LogP) is 2.32. The van der Waals surface area contributed by atoms with Crippen LogP contribution in [-0.2, 0) is 23.1 Å². The first-order chi connectivity index (χ1) is 14.5. The van der Waals surface area contributed by atoms with Crippen LogP contribution in [0.5, 0.6) is 0 Å². The van der Waals surface area contributed by atoms with Gasteiger partial charge in [0.1, 0.15) is 0 Å². The molecule has 162 valence electrons. The number of hydrogen-bond acceptors (Lipinski definition) is 4. The molecule has 3 saturated heterocycles. The van der Waals surface area contributed by atoms with Crippen molar-refractivity contribution in [2.75, 3.05) is 53.0 Å². The summed E-state index contributed by atoms with van der Waals surface area (Å²) in [6.07, 6.45) is 5.68. The van der Waals surface area contributed by atoms with Crippen molar-refractivity contribution in [3.05, 3.63) is 36.0 Å². The lowest BCUT2D eigenvalue weighted by atomic mass is 9.76. The highest BCUT2D eigenvalue weighted by Crippen LogP contribution is 2.43. The Labute approximate surface area is 179 Å². The van der Waals surface area contributed by atoms with E-state index in [9.17, 15) is 4.79 Å². The molecule has 0 aliphatic carbocycles. The summed E-state index contributed by atoms with van der Waals surface area (Å²) < 4.78 is 7.66. The molecule has 0 saturated carbocycles. The van der Waals surface area contributed by atoms with Crippen LogP contribution < -0.4 is 0 Å². The SMILES string of the molecule is CN1CC2(CCN(Cc3cn(C)c4ccccc34)CC2)C[C@H]1C(=O)N1CCOCC1. The number of para-hydroxylation sites is 1. The zero-order valence-corrected chi connectivity index (χ0v) is 18.3. The Morgan fingerprint density at radius 3 is 2.60 bits per heavy atom. The van der Waals surface area contributed by atoms with Crippen molar-refractivity contribution >= 4 is 16.8 Å². The second-order valence-corrected chi connectivity index (χ2v) is 9.63. The number of carbonyl (C=O) groups excluding carboxylic acids is 1. The van der Waals surface area contributed by atoms with Crippen LogP contribution in [0.3, 0.4) is 0 Å². The van der Waals surface area contributed by atoms with Crippen molar-refractivity contribution in [2.45, 2.75) is 31.8 Å². The third-order valence-corrected chi connectivity index (χ3v) is 7.64.